The first kappa shape index (κ1) is 19.4. The van der Waals surface area contributed by atoms with Crippen molar-refractivity contribution < 1.29 is 14.1 Å². The molecule has 0 aliphatic carbocycles. The van der Waals surface area contributed by atoms with Crippen molar-refractivity contribution >= 4 is 17.4 Å². The maximum absolute atomic E-state index is 12.1. The minimum atomic E-state index is -0.203. The molecule has 28 heavy (non-hydrogen) atoms. The number of carbonyl (C=O) groups is 1. The zero-order valence-corrected chi connectivity index (χ0v) is 16.2. The van der Waals surface area contributed by atoms with Crippen LogP contribution in [-0.4, -0.2) is 22.6 Å². The van der Waals surface area contributed by atoms with Crippen molar-refractivity contribution in [3.8, 4) is 11.5 Å². The van der Waals surface area contributed by atoms with E-state index in [9.17, 15) is 4.79 Å². The molecule has 1 aromatic carbocycles. The molecular weight excluding hydrogens is 356 g/mol. The van der Waals surface area contributed by atoms with E-state index in [-0.39, 0.29) is 17.9 Å². The average molecular weight is 380 g/mol. The molecule has 2 heterocycles. The van der Waals surface area contributed by atoms with Crippen LogP contribution < -0.4 is 15.4 Å². The first-order chi connectivity index (χ1) is 13.5. The number of aromatic nitrogens is 2. The summed E-state index contributed by atoms with van der Waals surface area (Å²) < 4.78 is 11.1. The van der Waals surface area contributed by atoms with Gasteiger partial charge in [0.15, 0.2) is 5.82 Å². The van der Waals surface area contributed by atoms with Crippen LogP contribution in [0.15, 0.2) is 59.4 Å². The minimum Gasteiger partial charge on any atom is -0.457 e. The molecule has 2 aromatic heterocycles. The molecule has 3 aromatic rings. The lowest BCUT2D eigenvalue weighted by Gasteiger charge is -2.17. The number of anilines is 2. The van der Waals surface area contributed by atoms with Crippen molar-refractivity contribution in [2.24, 2.45) is 0 Å². The number of pyridine rings is 1. The number of rotatable bonds is 8. The molecule has 2 N–H and O–H groups in total. The Morgan fingerprint density at radius 1 is 1.11 bits per heavy atom. The van der Waals surface area contributed by atoms with Crippen molar-refractivity contribution in [1.82, 2.24) is 10.1 Å². The first-order valence-corrected chi connectivity index (χ1v) is 9.15. The molecule has 0 saturated carbocycles. The van der Waals surface area contributed by atoms with Gasteiger partial charge in [-0.25, -0.2) is 0 Å². The highest BCUT2D eigenvalue weighted by atomic mass is 16.5. The third-order valence-corrected chi connectivity index (χ3v) is 4.52. The van der Waals surface area contributed by atoms with E-state index in [0.717, 1.165) is 17.9 Å². The molecule has 7 nitrogen and oxygen atoms in total. The number of ether oxygens (including phenoxy) is 1. The third-order valence-electron chi connectivity index (χ3n) is 4.52. The van der Waals surface area contributed by atoms with E-state index in [1.54, 1.807) is 30.6 Å². The zero-order chi connectivity index (χ0) is 20.0. The predicted octanol–water partition coefficient (Wildman–Crippen LogP) is 4.60. The van der Waals surface area contributed by atoms with Crippen LogP contribution in [0.4, 0.5) is 11.5 Å². The van der Waals surface area contributed by atoms with Crippen LogP contribution >= 0.6 is 0 Å². The van der Waals surface area contributed by atoms with E-state index < -0.39 is 0 Å². The lowest BCUT2D eigenvalue weighted by molar-refractivity contribution is -0.114. The molecular formula is C21H24N4O3. The molecule has 0 aliphatic rings. The Morgan fingerprint density at radius 2 is 1.79 bits per heavy atom. The molecule has 0 fully saturated rings. The number of hydrogen-bond acceptors (Lipinski definition) is 6. The predicted molar refractivity (Wildman–Crippen MR) is 108 cm³/mol. The summed E-state index contributed by atoms with van der Waals surface area (Å²) in [6.45, 7) is 6.34. The Bertz CT molecular complexity index is 905. The fourth-order valence-corrected chi connectivity index (χ4v) is 2.38. The largest absolute Gasteiger partial charge is 0.457 e. The Balaban J connectivity index is 1.49. The van der Waals surface area contributed by atoms with Crippen LogP contribution in [0.2, 0.25) is 0 Å². The summed E-state index contributed by atoms with van der Waals surface area (Å²) in [7, 11) is 0. The molecule has 146 valence electrons. The monoisotopic (exact) mass is 380 g/mol. The number of benzene rings is 1. The van der Waals surface area contributed by atoms with Gasteiger partial charge >= 0.3 is 0 Å². The number of amides is 1. The van der Waals surface area contributed by atoms with E-state index in [0.29, 0.717) is 17.3 Å². The number of hydrogen-bond donors (Lipinski definition) is 2. The number of nitrogens with zero attached hydrogens (tertiary/aromatic N) is 2. The number of carbonyl (C=O) groups excluding carboxylic acids is 1. The van der Waals surface area contributed by atoms with Crippen molar-refractivity contribution in [3.05, 3.63) is 60.6 Å². The van der Waals surface area contributed by atoms with Gasteiger partial charge in [-0.2, -0.15) is 0 Å². The Hall–Kier alpha value is -3.35. The zero-order valence-electron chi connectivity index (χ0n) is 16.2. The van der Waals surface area contributed by atoms with Gasteiger partial charge in [0.25, 0.3) is 0 Å². The highest BCUT2D eigenvalue weighted by Crippen LogP contribution is 2.28. The summed E-state index contributed by atoms with van der Waals surface area (Å²) in [5, 5.41) is 9.73. The van der Waals surface area contributed by atoms with Gasteiger partial charge in [0, 0.05) is 29.6 Å². The summed E-state index contributed by atoms with van der Waals surface area (Å²) in [4.78, 5) is 16.1. The Labute approximate surface area is 164 Å². The molecule has 0 bridgehead atoms. The second-order valence-electron chi connectivity index (χ2n) is 7.02. The van der Waals surface area contributed by atoms with Gasteiger partial charge < -0.3 is 19.9 Å². The fourth-order valence-electron chi connectivity index (χ4n) is 2.38. The van der Waals surface area contributed by atoms with E-state index in [1.807, 2.05) is 24.3 Å². The summed E-state index contributed by atoms with van der Waals surface area (Å²) in [6.07, 6.45) is 4.26. The van der Waals surface area contributed by atoms with E-state index in [4.69, 9.17) is 9.26 Å². The summed E-state index contributed by atoms with van der Waals surface area (Å²) in [6, 6.07) is 12.7. The summed E-state index contributed by atoms with van der Waals surface area (Å²) >= 11 is 0. The maximum atomic E-state index is 12.1. The van der Waals surface area contributed by atoms with Crippen LogP contribution in [0, 0.1) is 0 Å². The summed E-state index contributed by atoms with van der Waals surface area (Å²) in [5.74, 6) is 2.39. The van der Waals surface area contributed by atoms with Gasteiger partial charge in [0.2, 0.25) is 5.91 Å². The quantitative estimate of drug-likeness (QED) is 0.594. The molecule has 3 rings (SSSR count). The van der Waals surface area contributed by atoms with E-state index in [2.05, 4.69) is 41.5 Å². The van der Waals surface area contributed by atoms with E-state index >= 15 is 0 Å². The minimum absolute atomic E-state index is 0.115. The van der Waals surface area contributed by atoms with Gasteiger partial charge in [0.1, 0.15) is 17.3 Å². The SMILES string of the molecule is CCC(C)(C)c1cc(NC(=O)CNc2ccc(Oc3ccncc3)cc2)no1. The summed E-state index contributed by atoms with van der Waals surface area (Å²) in [5.41, 5.74) is 0.694. The highest BCUT2D eigenvalue weighted by Gasteiger charge is 2.23. The van der Waals surface area contributed by atoms with Crippen molar-refractivity contribution in [1.29, 1.82) is 0 Å². The second kappa shape index (κ2) is 8.56. The Morgan fingerprint density at radius 3 is 2.46 bits per heavy atom. The smallest absolute Gasteiger partial charge is 0.244 e. The van der Waals surface area contributed by atoms with E-state index in [1.165, 1.54) is 0 Å². The van der Waals surface area contributed by atoms with Gasteiger partial charge in [-0.1, -0.05) is 25.9 Å². The molecule has 0 spiro atoms. The van der Waals surface area contributed by atoms with Gasteiger partial charge in [-0.15, -0.1) is 0 Å². The van der Waals surface area contributed by atoms with Crippen molar-refractivity contribution in [2.75, 3.05) is 17.2 Å². The van der Waals surface area contributed by atoms with Crippen molar-refractivity contribution in [3.63, 3.8) is 0 Å². The van der Waals surface area contributed by atoms with Crippen LogP contribution in [-0.2, 0) is 10.2 Å². The van der Waals surface area contributed by atoms with Crippen LogP contribution in [0.1, 0.15) is 33.0 Å². The normalized spacial score (nSPS) is 11.1. The molecule has 7 heteroatoms. The van der Waals surface area contributed by atoms with Crippen LogP contribution in [0.3, 0.4) is 0 Å². The lowest BCUT2D eigenvalue weighted by Crippen LogP contribution is -2.21. The fraction of sp³-hybridized carbons (Fsp3) is 0.286. The molecule has 0 unspecified atom stereocenters. The molecule has 0 saturated heterocycles. The first-order valence-electron chi connectivity index (χ1n) is 9.15. The Kier molecular flexibility index (Phi) is 5.93. The molecule has 0 radical (unpaired) electrons. The maximum Gasteiger partial charge on any atom is 0.244 e. The van der Waals surface area contributed by atoms with Gasteiger partial charge in [-0.3, -0.25) is 9.78 Å². The number of nitrogens with one attached hydrogen (secondary N) is 2. The standard InChI is InChI=1S/C21H24N4O3/c1-4-21(2,3)18-13-19(25-28-18)24-20(26)14-23-15-5-7-16(8-6-15)27-17-9-11-22-12-10-17/h5-13,23H,4,14H2,1-3H3,(H,24,25,26). The topological polar surface area (TPSA) is 89.3 Å². The average Bonchev–Trinajstić information content (AvgIpc) is 3.17. The van der Waals surface area contributed by atoms with Gasteiger partial charge in [0.05, 0.1) is 6.54 Å². The van der Waals surface area contributed by atoms with Crippen LogP contribution in [0.25, 0.3) is 0 Å². The molecule has 0 atom stereocenters. The van der Waals surface area contributed by atoms with Gasteiger partial charge in [-0.05, 0) is 42.8 Å². The lowest BCUT2D eigenvalue weighted by atomic mass is 9.87. The highest BCUT2D eigenvalue weighted by molar-refractivity contribution is 5.92. The molecule has 1 amide bonds. The third kappa shape index (κ3) is 5.09. The second-order valence-corrected chi connectivity index (χ2v) is 7.02. The van der Waals surface area contributed by atoms with Crippen LogP contribution in [0.5, 0.6) is 11.5 Å². The molecule has 0 aliphatic heterocycles. The van der Waals surface area contributed by atoms with Crippen molar-refractivity contribution in [2.45, 2.75) is 32.6 Å².